The number of aromatic nitrogens is 2. The van der Waals surface area contributed by atoms with Gasteiger partial charge < -0.3 is 10.5 Å². The first-order valence-corrected chi connectivity index (χ1v) is 6.59. The Morgan fingerprint density at radius 3 is 2.68 bits per heavy atom. The third-order valence-electron chi connectivity index (χ3n) is 3.14. The lowest BCUT2D eigenvalue weighted by atomic mass is 10.3. The van der Waals surface area contributed by atoms with Gasteiger partial charge in [0.05, 0.1) is 10.6 Å². The van der Waals surface area contributed by atoms with Gasteiger partial charge in [-0.2, -0.15) is 4.98 Å². The molecule has 1 aliphatic rings. The van der Waals surface area contributed by atoms with Gasteiger partial charge in [0.15, 0.2) is 0 Å². The average Bonchev–Trinajstić information content (AvgIpc) is 3.21. The Hall–Kier alpha value is -1.81. The van der Waals surface area contributed by atoms with Gasteiger partial charge in [0, 0.05) is 5.92 Å². The summed E-state index contributed by atoms with van der Waals surface area (Å²) < 4.78 is 5.78. The molecule has 0 spiro atoms. The monoisotopic (exact) mass is 275 g/mol. The van der Waals surface area contributed by atoms with E-state index in [0.29, 0.717) is 28.4 Å². The number of anilines is 1. The van der Waals surface area contributed by atoms with Crippen LogP contribution in [0.3, 0.4) is 0 Å². The molecule has 2 N–H and O–H groups in total. The summed E-state index contributed by atoms with van der Waals surface area (Å²) in [5.41, 5.74) is 6.65. The molecule has 0 radical (unpaired) electrons. The summed E-state index contributed by atoms with van der Waals surface area (Å²) in [7, 11) is 0. The minimum Gasteiger partial charge on any atom is -0.437 e. The summed E-state index contributed by atoms with van der Waals surface area (Å²) in [5.74, 6) is 2.73. The lowest BCUT2D eigenvalue weighted by Gasteiger charge is -2.11. The van der Waals surface area contributed by atoms with E-state index >= 15 is 0 Å². The van der Waals surface area contributed by atoms with Crippen molar-refractivity contribution in [3.8, 4) is 11.6 Å². The molecule has 1 aliphatic carbocycles. The standard InChI is InChI=1S/C14H14ClN3O/c1-8-12(16)17-13(9-6-7-9)18-14(8)19-11-5-3-2-4-10(11)15/h2-5,9H,6-7H2,1H3,(H2,16,17,18). The minimum atomic E-state index is 0.427. The van der Waals surface area contributed by atoms with Crippen LogP contribution in [-0.4, -0.2) is 9.97 Å². The van der Waals surface area contributed by atoms with Crippen molar-refractivity contribution < 1.29 is 4.74 Å². The molecular weight excluding hydrogens is 262 g/mol. The van der Waals surface area contributed by atoms with Crippen molar-refractivity contribution in [2.45, 2.75) is 25.7 Å². The van der Waals surface area contributed by atoms with Crippen molar-refractivity contribution in [1.29, 1.82) is 0 Å². The number of hydrogen-bond donors (Lipinski definition) is 1. The fraction of sp³-hybridized carbons (Fsp3) is 0.286. The van der Waals surface area contributed by atoms with Crippen LogP contribution in [0.15, 0.2) is 24.3 Å². The Balaban J connectivity index is 1.98. The normalized spacial score (nSPS) is 14.4. The highest BCUT2D eigenvalue weighted by atomic mass is 35.5. The third kappa shape index (κ3) is 2.49. The summed E-state index contributed by atoms with van der Waals surface area (Å²) in [5, 5.41) is 0.548. The lowest BCUT2D eigenvalue weighted by Crippen LogP contribution is -2.04. The van der Waals surface area contributed by atoms with Crippen LogP contribution in [0.5, 0.6) is 11.6 Å². The molecule has 5 heteroatoms. The molecule has 0 atom stereocenters. The molecule has 3 rings (SSSR count). The van der Waals surface area contributed by atoms with Crippen molar-refractivity contribution in [2.24, 2.45) is 0 Å². The summed E-state index contributed by atoms with van der Waals surface area (Å²) >= 11 is 6.08. The highest BCUT2D eigenvalue weighted by Gasteiger charge is 2.28. The zero-order valence-electron chi connectivity index (χ0n) is 10.6. The summed E-state index contributed by atoms with van der Waals surface area (Å²) in [4.78, 5) is 8.77. The van der Waals surface area contributed by atoms with Crippen LogP contribution in [0.25, 0.3) is 0 Å². The molecule has 1 heterocycles. The molecule has 1 aromatic heterocycles. The van der Waals surface area contributed by atoms with E-state index in [2.05, 4.69) is 9.97 Å². The van der Waals surface area contributed by atoms with Gasteiger partial charge in [0.25, 0.3) is 0 Å². The van der Waals surface area contributed by atoms with Crippen molar-refractivity contribution in [2.75, 3.05) is 5.73 Å². The zero-order valence-corrected chi connectivity index (χ0v) is 11.3. The molecule has 0 saturated heterocycles. The van der Waals surface area contributed by atoms with E-state index in [1.165, 1.54) is 0 Å². The van der Waals surface area contributed by atoms with E-state index in [4.69, 9.17) is 22.1 Å². The second kappa shape index (κ2) is 4.70. The van der Waals surface area contributed by atoms with E-state index in [9.17, 15) is 0 Å². The van der Waals surface area contributed by atoms with Gasteiger partial charge in [-0.3, -0.25) is 0 Å². The molecule has 1 saturated carbocycles. The summed E-state index contributed by atoms with van der Waals surface area (Å²) in [6.45, 7) is 1.85. The van der Waals surface area contributed by atoms with Gasteiger partial charge in [-0.25, -0.2) is 4.98 Å². The topological polar surface area (TPSA) is 61.0 Å². The number of benzene rings is 1. The number of halogens is 1. The first-order chi connectivity index (χ1) is 9.15. The molecule has 1 aromatic carbocycles. The molecule has 0 bridgehead atoms. The molecule has 19 heavy (non-hydrogen) atoms. The number of para-hydroxylation sites is 1. The SMILES string of the molecule is Cc1c(N)nc(C2CC2)nc1Oc1ccccc1Cl. The van der Waals surface area contributed by atoms with Gasteiger partial charge in [-0.05, 0) is 31.9 Å². The Bertz CT molecular complexity index is 626. The highest BCUT2D eigenvalue weighted by molar-refractivity contribution is 6.32. The lowest BCUT2D eigenvalue weighted by molar-refractivity contribution is 0.455. The second-order valence-corrected chi connectivity index (χ2v) is 5.11. The molecule has 0 aliphatic heterocycles. The zero-order chi connectivity index (χ0) is 13.4. The predicted octanol–water partition coefficient (Wildman–Crippen LogP) is 3.69. The first kappa shape index (κ1) is 12.2. The number of rotatable bonds is 3. The number of nitrogens with zero attached hydrogens (tertiary/aromatic N) is 2. The fourth-order valence-corrected chi connectivity index (χ4v) is 1.96. The van der Waals surface area contributed by atoms with Crippen LogP contribution in [-0.2, 0) is 0 Å². The molecule has 4 nitrogen and oxygen atoms in total. The van der Waals surface area contributed by atoms with Gasteiger partial charge >= 0.3 is 0 Å². The van der Waals surface area contributed by atoms with Crippen LogP contribution in [0, 0.1) is 6.92 Å². The summed E-state index contributed by atoms with van der Waals surface area (Å²) in [6, 6.07) is 7.30. The van der Waals surface area contributed by atoms with Gasteiger partial charge in [-0.15, -0.1) is 0 Å². The minimum absolute atomic E-state index is 0.427. The Labute approximate surface area is 116 Å². The maximum absolute atomic E-state index is 6.08. The third-order valence-corrected chi connectivity index (χ3v) is 3.45. The van der Waals surface area contributed by atoms with Crippen LogP contribution in [0.2, 0.25) is 5.02 Å². The average molecular weight is 276 g/mol. The second-order valence-electron chi connectivity index (χ2n) is 4.70. The van der Waals surface area contributed by atoms with Crippen molar-refractivity contribution in [3.63, 3.8) is 0 Å². The van der Waals surface area contributed by atoms with Crippen LogP contribution in [0.4, 0.5) is 5.82 Å². The van der Waals surface area contributed by atoms with Crippen molar-refractivity contribution >= 4 is 17.4 Å². The van der Waals surface area contributed by atoms with E-state index in [1.807, 2.05) is 19.1 Å². The Kier molecular flexibility index (Phi) is 3.03. The van der Waals surface area contributed by atoms with Crippen LogP contribution < -0.4 is 10.5 Å². The fourth-order valence-electron chi connectivity index (χ4n) is 1.78. The summed E-state index contributed by atoms with van der Waals surface area (Å²) in [6.07, 6.45) is 2.24. The largest absolute Gasteiger partial charge is 0.437 e. The first-order valence-electron chi connectivity index (χ1n) is 6.21. The van der Waals surface area contributed by atoms with Gasteiger partial charge in [0.2, 0.25) is 5.88 Å². The molecule has 2 aromatic rings. The molecule has 0 amide bonds. The number of nitrogens with two attached hydrogens (primary N) is 1. The van der Waals surface area contributed by atoms with Crippen molar-refractivity contribution in [1.82, 2.24) is 9.97 Å². The van der Waals surface area contributed by atoms with E-state index in [-0.39, 0.29) is 0 Å². The molecule has 98 valence electrons. The molecule has 0 unspecified atom stereocenters. The van der Waals surface area contributed by atoms with Crippen molar-refractivity contribution in [3.05, 3.63) is 40.7 Å². The highest BCUT2D eigenvalue weighted by Crippen LogP contribution is 2.40. The smallest absolute Gasteiger partial charge is 0.227 e. The quantitative estimate of drug-likeness (QED) is 0.928. The van der Waals surface area contributed by atoms with E-state index in [0.717, 1.165) is 24.2 Å². The Morgan fingerprint density at radius 2 is 2.00 bits per heavy atom. The number of hydrogen-bond acceptors (Lipinski definition) is 4. The van der Waals surface area contributed by atoms with Crippen LogP contribution >= 0.6 is 11.6 Å². The van der Waals surface area contributed by atoms with E-state index < -0.39 is 0 Å². The molecule has 1 fully saturated rings. The molecular formula is C14H14ClN3O. The maximum Gasteiger partial charge on any atom is 0.227 e. The Morgan fingerprint density at radius 1 is 1.26 bits per heavy atom. The van der Waals surface area contributed by atoms with Gasteiger partial charge in [-0.1, -0.05) is 23.7 Å². The van der Waals surface area contributed by atoms with Gasteiger partial charge in [0.1, 0.15) is 17.4 Å². The maximum atomic E-state index is 6.08. The van der Waals surface area contributed by atoms with Crippen LogP contribution in [0.1, 0.15) is 30.1 Å². The number of nitrogen functional groups attached to an aromatic ring is 1. The number of ether oxygens (including phenoxy) is 1. The van der Waals surface area contributed by atoms with E-state index in [1.54, 1.807) is 12.1 Å². The predicted molar refractivity (Wildman–Crippen MR) is 74.7 cm³/mol.